The molecule has 21 heavy (non-hydrogen) atoms. The van der Waals surface area contributed by atoms with Crippen molar-refractivity contribution in [3.8, 4) is 0 Å². The summed E-state index contributed by atoms with van der Waals surface area (Å²) in [6, 6.07) is 5.08. The molecule has 3 N–H and O–H groups in total. The Morgan fingerprint density at radius 2 is 1.81 bits per heavy atom. The predicted octanol–water partition coefficient (Wildman–Crippen LogP) is 3.03. The normalized spacial score (nSPS) is 10.8. The minimum Gasteiger partial charge on any atom is -0.321 e. The first-order valence-corrected chi connectivity index (χ1v) is 7.45. The van der Waals surface area contributed by atoms with Gasteiger partial charge in [0.2, 0.25) is 0 Å². The van der Waals surface area contributed by atoms with E-state index in [1.54, 1.807) is 24.4 Å². The van der Waals surface area contributed by atoms with Crippen molar-refractivity contribution in [2.45, 2.75) is 0 Å². The Morgan fingerprint density at radius 1 is 1.10 bits per heavy atom. The maximum atomic E-state index is 12.2. The second kappa shape index (κ2) is 5.45. The standard InChI is InChI=1S/C13H8Br2N4O2/c14-7-1-6(4-16-5-7)12(20)17-9-3-11-10(2-8(9)15)18-13(21)19-11/h1-5H,(H,17,20)(H2,18,19,21). The van der Waals surface area contributed by atoms with E-state index in [0.29, 0.717) is 26.8 Å². The largest absolute Gasteiger partial charge is 0.323 e. The molecule has 2 heterocycles. The van der Waals surface area contributed by atoms with Crippen LogP contribution < -0.4 is 11.0 Å². The van der Waals surface area contributed by atoms with E-state index >= 15 is 0 Å². The molecule has 0 fully saturated rings. The molecule has 0 atom stereocenters. The van der Waals surface area contributed by atoms with Crippen molar-refractivity contribution in [1.82, 2.24) is 15.0 Å². The van der Waals surface area contributed by atoms with E-state index in [1.165, 1.54) is 6.20 Å². The summed E-state index contributed by atoms with van der Waals surface area (Å²) in [5, 5.41) is 2.77. The number of rotatable bonds is 2. The monoisotopic (exact) mass is 410 g/mol. The van der Waals surface area contributed by atoms with Crippen LogP contribution in [0.15, 0.2) is 44.3 Å². The van der Waals surface area contributed by atoms with Gasteiger partial charge >= 0.3 is 5.69 Å². The summed E-state index contributed by atoms with van der Waals surface area (Å²) < 4.78 is 1.39. The molecular formula is C13H8Br2N4O2. The van der Waals surface area contributed by atoms with Crippen LogP contribution >= 0.6 is 31.9 Å². The van der Waals surface area contributed by atoms with E-state index in [9.17, 15) is 9.59 Å². The van der Waals surface area contributed by atoms with Crippen molar-refractivity contribution in [1.29, 1.82) is 0 Å². The van der Waals surface area contributed by atoms with Gasteiger partial charge in [0.1, 0.15) is 0 Å². The summed E-state index contributed by atoms with van der Waals surface area (Å²) in [4.78, 5) is 32.7. The van der Waals surface area contributed by atoms with Gasteiger partial charge < -0.3 is 15.3 Å². The SMILES string of the molecule is O=C(Nc1cc2[nH]c(=O)[nH]c2cc1Br)c1cncc(Br)c1. The van der Waals surface area contributed by atoms with Gasteiger partial charge in [0.25, 0.3) is 5.91 Å². The Labute approximate surface area is 135 Å². The molecule has 8 heteroatoms. The molecule has 6 nitrogen and oxygen atoms in total. The van der Waals surface area contributed by atoms with Crippen molar-refractivity contribution >= 4 is 54.5 Å². The Hall–Kier alpha value is -1.93. The highest BCUT2D eigenvalue weighted by molar-refractivity contribution is 9.10. The van der Waals surface area contributed by atoms with Crippen LogP contribution in [0.4, 0.5) is 5.69 Å². The van der Waals surface area contributed by atoms with Crippen LogP contribution in [0.25, 0.3) is 11.0 Å². The van der Waals surface area contributed by atoms with Crippen LogP contribution in [0.2, 0.25) is 0 Å². The number of H-pyrrole nitrogens is 2. The molecule has 0 radical (unpaired) electrons. The molecule has 1 aromatic carbocycles. The number of pyridine rings is 1. The number of imidazole rings is 1. The summed E-state index contributed by atoms with van der Waals surface area (Å²) in [6.07, 6.45) is 3.08. The van der Waals surface area contributed by atoms with E-state index < -0.39 is 0 Å². The summed E-state index contributed by atoms with van der Waals surface area (Å²) in [7, 11) is 0. The second-order valence-electron chi connectivity index (χ2n) is 4.30. The second-order valence-corrected chi connectivity index (χ2v) is 6.07. The third-order valence-corrected chi connectivity index (χ3v) is 3.91. The van der Waals surface area contributed by atoms with Gasteiger partial charge in [-0.25, -0.2) is 4.79 Å². The molecule has 0 saturated heterocycles. The third-order valence-electron chi connectivity index (χ3n) is 2.82. The lowest BCUT2D eigenvalue weighted by Gasteiger charge is -2.07. The summed E-state index contributed by atoms with van der Waals surface area (Å²) in [5.41, 5.74) is 1.97. The zero-order valence-corrected chi connectivity index (χ0v) is 13.6. The van der Waals surface area contributed by atoms with Gasteiger partial charge in [0, 0.05) is 21.3 Å². The van der Waals surface area contributed by atoms with Gasteiger partial charge in [-0.3, -0.25) is 9.78 Å². The van der Waals surface area contributed by atoms with Crippen LogP contribution in [0.1, 0.15) is 10.4 Å². The zero-order chi connectivity index (χ0) is 15.0. The molecule has 2 aromatic heterocycles. The highest BCUT2D eigenvalue weighted by Crippen LogP contribution is 2.27. The van der Waals surface area contributed by atoms with Crippen LogP contribution in [-0.4, -0.2) is 20.9 Å². The molecular weight excluding hydrogens is 404 g/mol. The molecule has 106 valence electrons. The Morgan fingerprint density at radius 3 is 2.52 bits per heavy atom. The molecule has 0 bridgehead atoms. The van der Waals surface area contributed by atoms with E-state index in [0.717, 1.165) is 4.47 Å². The topological polar surface area (TPSA) is 90.6 Å². The van der Waals surface area contributed by atoms with Gasteiger partial charge in [-0.05, 0) is 50.1 Å². The molecule has 0 spiro atoms. The molecule has 3 aromatic rings. The van der Waals surface area contributed by atoms with Crippen molar-refractivity contribution < 1.29 is 4.79 Å². The number of benzene rings is 1. The van der Waals surface area contributed by atoms with E-state index in [-0.39, 0.29) is 11.6 Å². The number of hydrogen-bond acceptors (Lipinski definition) is 3. The molecule has 0 aliphatic rings. The summed E-state index contributed by atoms with van der Waals surface area (Å²) in [6.45, 7) is 0. The van der Waals surface area contributed by atoms with Gasteiger partial charge in [-0.2, -0.15) is 0 Å². The van der Waals surface area contributed by atoms with Crippen LogP contribution in [0, 0.1) is 0 Å². The van der Waals surface area contributed by atoms with Crippen LogP contribution in [0.5, 0.6) is 0 Å². The zero-order valence-electron chi connectivity index (χ0n) is 10.4. The molecule has 3 rings (SSSR count). The fourth-order valence-electron chi connectivity index (χ4n) is 1.88. The Bertz CT molecular complexity index is 901. The van der Waals surface area contributed by atoms with Gasteiger partial charge in [-0.1, -0.05) is 0 Å². The molecule has 0 saturated carbocycles. The Balaban J connectivity index is 1.95. The molecule has 0 unspecified atom stereocenters. The first-order chi connectivity index (χ1) is 10.0. The lowest BCUT2D eigenvalue weighted by atomic mass is 10.2. The lowest BCUT2D eigenvalue weighted by Crippen LogP contribution is -2.12. The van der Waals surface area contributed by atoms with Crippen molar-refractivity contribution in [3.05, 3.63) is 55.6 Å². The summed E-state index contributed by atoms with van der Waals surface area (Å²) >= 11 is 6.64. The minimum absolute atomic E-state index is 0.290. The van der Waals surface area contributed by atoms with Crippen molar-refractivity contribution in [2.75, 3.05) is 5.32 Å². The highest BCUT2D eigenvalue weighted by Gasteiger charge is 2.11. The molecule has 0 aliphatic carbocycles. The van der Waals surface area contributed by atoms with E-state index in [4.69, 9.17) is 0 Å². The fraction of sp³-hybridized carbons (Fsp3) is 0. The maximum Gasteiger partial charge on any atom is 0.323 e. The number of nitrogens with zero attached hydrogens (tertiary/aromatic N) is 1. The molecule has 1 amide bonds. The average molecular weight is 412 g/mol. The first kappa shape index (κ1) is 14.0. The van der Waals surface area contributed by atoms with E-state index in [1.807, 2.05) is 0 Å². The predicted molar refractivity (Wildman–Crippen MR) is 86.5 cm³/mol. The minimum atomic E-state index is -0.295. The third kappa shape index (κ3) is 2.91. The number of aromatic amines is 2. The summed E-state index contributed by atoms with van der Waals surface area (Å²) in [5.74, 6) is -0.290. The first-order valence-electron chi connectivity index (χ1n) is 5.86. The number of anilines is 1. The smallest absolute Gasteiger partial charge is 0.321 e. The van der Waals surface area contributed by atoms with Gasteiger partial charge in [0.15, 0.2) is 0 Å². The van der Waals surface area contributed by atoms with Crippen LogP contribution in [0.3, 0.4) is 0 Å². The average Bonchev–Trinajstić information content (AvgIpc) is 2.78. The number of carbonyl (C=O) groups is 1. The van der Waals surface area contributed by atoms with Crippen LogP contribution in [-0.2, 0) is 0 Å². The number of aromatic nitrogens is 3. The van der Waals surface area contributed by atoms with Crippen molar-refractivity contribution in [2.24, 2.45) is 0 Å². The lowest BCUT2D eigenvalue weighted by molar-refractivity contribution is 0.102. The number of amides is 1. The maximum absolute atomic E-state index is 12.2. The number of nitrogens with one attached hydrogen (secondary N) is 3. The highest BCUT2D eigenvalue weighted by atomic mass is 79.9. The fourth-order valence-corrected chi connectivity index (χ4v) is 2.69. The molecule has 0 aliphatic heterocycles. The Kier molecular flexibility index (Phi) is 3.64. The number of carbonyl (C=O) groups excluding carboxylic acids is 1. The number of hydrogen-bond donors (Lipinski definition) is 3. The number of fused-ring (bicyclic) bond motifs is 1. The van der Waals surface area contributed by atoms with Crippen molar-refractivity contribution in [3.63, 3.8) is 0 Å². The van der Waals surface area contributed by atoms with E-state index in [2.05, 4.69) is 52.1 Å². The van der Waals surface area contributed by atoms with Gasteiger partial charge in [-0.15, -0.1) is 0 Å². The quantitative estimate of drug-likeness (QED) is 0.605. The number of halogens is 2. The van der Waals surface area contributed by atoms with Gasteiger partial charge in [0.05, 0.1) is 22.3 Å².